The van der Waals surface area contributed by atoms with Gasteiger partial charge in [-0.1, -0.05) is 13.8 Å². The van der Waals surface area contributed by atoms with Crippen LogP contribution in [0, 0.1) is 5.92 Å². The minimum atomic E-state index is -1.22. The van der Waals surface area contributed by atoms with Crippen molar-refractivity contribution in [1.29, 1.82) is 0 Å². The first-order chi connectivity index (χ1) is 15.6. The van der Waals surface area contributed by atoms with E-state index in [1.54, 1.807) is 0 Å². The number of carboxylic acids is 4. The monoisotopic (exact) mass is 490 g/mol. The number of carbonyl (C=O) groups excluding carboxylic acids is 1. The van der Waals surface area contributed by atoms with Crippen LogP contribution >= 0.6 is 0 Å². The predicted molar refractivity (Wildman–Crippen MR) is 122 cm³/mol. The van der Waals surface area contributed by atoms with Crippen LogP contribution in [0.1, 0.15) is 34.1 Å². The number of hydrogen-bond donors (Lipinski definition) is 5. The summed E-state index contributed by atoms with van der Waals surface area (Å²) in [5.74, 6) is -4.74. The average Bonchev–Trinajstić information content (AvgIpc) is 2.59. The number of nitrogens with one attached hydrogen (secondary N) is 1. The van der Waals surface area contributed by atoms with Crippen LogP contribution in [0.25, 0.3) is 0 Å². The minimum Gasteiger partial charge on any atom is -0.480 e. The van der Waals surface area contributed by atoms with Crippen LogP contribution in [0.4, 0.5) is 0 Å². The lowest BCUT2D eigenvalue weighted by Crippen LogP contribution is -2.50. The maximum atomic E-state index is 12.5. The van der Waals surface area contributed by atoms with Crippen LogP contribution in [0.5, 0.6) is 0 Å². The molecule has 0 aliphatic carbocycles. The minimum absolute atomic E-state index is 0.0192. The van der Waals surface area contributed by atoms with Crippen LogP contribution in [0.3, 0.4) is 0 Å². The third kappa shape index (κ3) is 16.8. The molecule has 0 aliphatic rings. The van der Waals surface area contributed by atoms with E-state index in [1.165, 1.54) is 9.80 Å². The summed E-state index contributed by atoms with van der Waals surface area (Å²) >= 11 is 0. The third-order valence-electron chi connectivity index (χ3n) is 4.66. The molecule has 0 saturated carbocycles. The van der Waals surface area contributed by atoms with Crippen molar-refractivity contribution in [1.82, 2.24) is 20.0 Å². The number of carbonyl (C=O) groups is 5. The lowest BCUT2D eigenvalue weighted by atomic mass is 9.93. The van der Waals surface area contributed by atoms with Crippen molar-refractivity contribution >= 4 is 29.8 Å². The SMILES string of the molecule is CC(C)CC(C)(C)NC(=O)CN(CCN(CCN(CC(=O)O)CC(=O)O)CC(=O)O)CC(=O)O. The highest BCUT2D eigenvalue weighted by Crippen LogP contribution is 2.15. The van der Waals surface area contributed by atoms with Gasteiger partial charge < -0.3 is 25.7 Å². The molecular formula is C21H38N4O9. The molecule has 0 bridgehead atoms. The van der Waals surface area contributed by atoms with Gasteiger partial charge in [-0.3, -0.25) is 38.7 Å². The standard InChI is InChI=1S/C21H38N4O9/c1-15(2)9-21(3,4)22-16(26)10-24(12-18(29)30)7-5-23(11-17(27)28)6-8-25(13-19(31)32)14-20(33)34/h15H,5-14H2,1-4H3,(H,22,26)(H,27,28)(H,29,30)(H,31,32)(H,33,34). The first-order valence-corrected chi connectivity index (χ1v) is 10.9. The summed E-state index contributed by atoms with van der Waals surface area (Å²) in [6.07, 6.45) is 0.729. The van der Waals surface area contributed by atoms with Crippen molar-refractivity contribution in [2.24, 2.45) is 5.92 Å². The number of carboxylic acid groups (broad SMARTS) is 4. The number of nitrogens with zero attached hydrogens (tertiary/aromatic N) is 3. The quantitative estimate of drug-likeness (QED) is 0.151. The molecule has 34 heavy (non-hydrogen) atoms. The third-order valence-corrected chi connectivity index (χ3v) is 4.66. The van der Waals surface area contributed by atoms with E-state index in [4.69, 9.17) is 10.2 Å². The first kappa shape index (κ1) is 31.2. The molecule has 196 valence electrons. The highest BCUT2D eigenvalue weighted by molar-refractivity contribution is 5.79. The van der Waals surface area contributed by atoms with Gasteiger partial charge in [-0.15, -0.1) is 0 Å². The second-order valence-electron chi connectivity index (χ2n) is 9.30. The first-order valence-electron chi connectivity index (χ1n) is 10.9. The highest BCUT2D eigenvalue weighted by Gasteiger charge is 2.24. The largest absolute Gasteiger partial charge is 0.480 e. The van der Waals surface area contributed by atoms with E-state index < -0.39 is 55.6 Å². The topological polar surface area (TPSA) is 188 Å². The van der Waals surface area contributed by atoms with Gasteiger partial charge in [0.15, 0.2) is 0 Å². The molecule has 0 aromatic carbocycles. The zero-order chi connectivity index (χ0) is 26.5. The molecule has 0 unspecified atom stereocenters. The van der Waals surface area contributed by atoms with E-state index in [9.17, 15) is 34.2 Å². The van der Waals surface area contributed by atoms with E-state index in [0.29, 0.717) is 5.92 Å². The van der Waals surface area contributed by atoms with Gasteiger partial charge in [0, 0.05) is 31.7 Å². The normalized spacial score (nSPS) is 11.9. The van der Waals surface area contributed by atoms with E-state index in [0.717, 1.165) is 11.3 Å². The molecule has 0 atom stereocenters. The Labute approximate surface area is 199 Å². The highest BCUT2D eigenvalue weighted by atomic mass is 16.4. The Morgan fingerprint density at radius 1 is 0.647 bits per heavy atom. The Morgan fingerprint density at radius 3 is 1.32 bits per heavy atom. The summed E-state index contributed by atoms with van der Waals surface area (Å²) in [5.41, 5.74) is -0.479. The van der Waals surface area contributed by atoms with Crippen LogP contribution in [0.2, 0.25) is 0 Å². The van der Waals surface area contributed by atoms with Gasteiger partial charge in [0.05, 0.1) is 32.7 Å². The average molecular weight is 491 g/mol. The lowest BCUT2D eigenvalue weighted by molar-refractivity contribution is -0.143. The summed E-state index contributed by atoms with van der Waals surface area (Å²) in [6.45, 7) is 5.88. The second-order valence-corrected chi connectivity index (χ2v) is 9.30. The number of aliphatic carboxylic acids is 4. The molecule has 0 spiro atoms. The van der Waals surface area contributed by atoms with Crippen LogP contribution in [0.15, 0.2) is 0 Å². The number of rotatable bonds is 19. The summed E-state index contributed by atoms with van der Waals surface area (Å²) in [4.78, 5) is 60.9. The Balaban J connectivity index is 5.13. The van der Waals surface area contributed by atoms with Crippen molar-refractivity contribution in [3.05, 3.63) is 0 Å². The van der Waals surface area contributed by atoms with Gasteiger partial charge in [-0.05, 0) is 26.2 Å². The molecule has 0 aliphatic heterocycles. The van der Waals surface area contributed by atoms with Crippen molar-refractivity contribution in [2.45, 2.75) is 39.7 Å². The summed E-state index contributed by atoms with van der Waals surface area (Å²) in [5, 5.41) is 39.1. The van der Waals surface area contributed by atoms with E-state index in [1.807, 2.05) is 27.7 Å². The molecule has 0 radical (unpaired) electrons. The van der Waals surface area contributed by atoms with Crippen molar-refractivity contribution in [3.63, 3.8) is 0 Å². The Bertz CT molecular complexity index is 696. The maximum absolute atomic E-state index is 12.5. The molecular weight excluding hydrogens is 452 g/mol. The summed E-state index contributed by atoms with van der Waals surface area (Å²) < 4.78 is 0. The molecule has 5 N–H and O–H groups in total. The molecule has 0 rings (SSSR count). The van der Waals surface area contributed by atoms with Gasteiger partial charge in [-0.2, -0.15) is 0 Å². The molecule has 0 aromatic heterocycles. The molecule has 0 fully saturated rings. The molecule has 13 nitrogen and oxygen atoms in total. The van der Waals surface area contributed by atoms with Crippen molar-refractivity contribution in [3.8, 4) is 0 Å². The Kier molecular flexibility index (Phi) is 14.0. The zero-order valence-electron chi connectivity index (χ0n) is 20.3. The van der Waals surface area contributed by atoms with Crippen molar-refractivity contribution < 1.29 is 44.4 Å². The Hall–Kier alpha value is -2.77. The van der Waals surface area contributed by atoms with Gasteiger partial charge in [-0.25, -0.2) is 0 Å². The van der Waals surface area contributed by atoms with E-state index >= 15 is 0 Å². The predicted octanol–water partition coefficient (Wildman–Crippen LogP) is -0.828. The summed E-state index contributed by atoms with van der Waals surface area (Å²) in [6, 6.07) is 0. The smallest absolute Gasteiger partial charge is 0.317 e. The second kappa shape index (κ2) is 15.2. The van der Waals surface area contributed by atoms with Crippen molar-refractivity contribution in [2.75, 3.05) is 58.9 Å². The lowest BCUT2D eigenvalue weighted by Gasteiger charge is -2.30. The van der Waals surface area contributed by atoms with Gasteiger partial charge >= 0.3 is 23.9 Å². The fraction of sp³-hybridized carbons (Fsp3) is 0.762. The van der Waals surface area contributed by atoms with E-state index in [-0.39, 0.29) is 38.6 Å². The van der Waals surface area contributed by atoms with Gasteiger partial charge in [0.2, 0.25) is 5.91 Å². The molecule has 1 amide bonds. The molecule has 0 heterocycles. The van der Waals surface area contributed by atoms with Crippen LogP contribution in [-0.2, 0) is 24.0 Å². The number of hydrogen-bond acceptors (Lipinski definition) is 8. The van der Waals surface area contributed by atoms with Gasteiger partial charge in [0.1, 0.15) is 0 Å². The zero-order valence-corrected chi connectivity index (χ0v) is 20.3. The van der Waals surface area contributed by atoms with Crippen LogP contribution < -0.4 is 5.32 Å². The fourth-order valence-electron chi connectivity index (χ4n) is 3.72. The van der Waals surface area contributed by atoms with E-state index in [2.05, 4.69) is 5.32 Å². The Morgan fingerprint density at radius 2 is 0.971 bits per heavy atom. The molecule has 0 saturated heterocycles. The van der Waals surface area contributed by atoms with Gasteiger partial charge in [0.25, 0.3) is 0 Å². The molecule has 13 heteroatoms. The summed E-state index contributed by atoms with van der Waals surface area (Å²) in [7, 11) is 0. The van der Waals surface area contributed by atoms with Crippen LogP contribution in [-0.4, -0.2) is 129 Å². The molecule has 0 aromatic rings. The fourth-order valence-corrected chi connectivity index (χ4v) is 3.72. The number of amides is 1. The maximum Gasteiger partial charge on any atom is 0.317 e.